The number of nitro groups is 1. The first-order valence-electron chi connectivity index (χ1n) is 8.03. The summed E-state index contributed by atoms with van der Waals surface area (Å²) in [6.07, 6.45) is 2.82. The third kappa shape index (κ3) is 4.43. The van der Waals surface area contributed by atoms with E-state index in [1.165, 1.54) is 18.2 Å². The molecule has 0 radical (unpaired) electrons. The van der Waals surface area contributed by atoms with Crippen molar-refractivity contribution in [3.8, 4) is 11.3 Å². The Kier molecular flexibility index (Phi) is 5.38. The Labute approximate surface area is 160 Å². The molecule has 0 spiro atoms. The summed E-state index contributed by atoms with van der Waals surface area (Å²) in [5.74, 6) is 0.415. The van der Waals surface area contributed by atoms with E-state index >= 15 is 0 Å². The Morgan fingerprint density at radius 2 is 1.96 bits per heavy atom. The predicted octanol–water partition coefficient (Wildman–Crippen LogP) is 5.47. The molecule has 0 saturated carbocycles. The maximum Gasteiger partial charge on any atom is 0.280 e. The van der Waals surface area contributed by atoms with Crippen molar-refractivity contribution in [3.05, 3.63) is 87.1 Å². The smallest absolute Gasteiger partial charge is 0.280 e. The monoisotopic (exact) mass is 382 g/mol. The number of nitro benzene ring substituents is 1. The van der Waals surface area contributed by atoms with Crippen molar-refractivity contribution in [2.24, 2.45) is 0 Å². The molecule has 1 aromatic heterocycles. The summed E-state index contributed by atoms with van der Waals surface area (Å²) in [6, 6.07) is 14.8. The number of halogens is 1. The summed E-state index contributed by atoms with van der Waals surface area (Å²) < 4.78 is 5.61. The third-order valence-corrected chi connectivity index (χ3v) is 4.08. The van der Waals surface area contributed by atoms with E-state index in [9.17, 15) is 14.9 Å². The zero-order valence-electron chi connectivity index (χ0n) is 14.3. The van der Waals surface area contributed by atoms with Crippen molar-refractivity contribution in [3.63, 3.8) is 0 Å². The lowest BCUT2D eigenvalue weighted by Crippen LogP contribution is -2.08. The minimum atomic E-state index is -0.464. The van der Waals surface area contributed by atoms with Gasteiger partial charge in [0.2, 0.25) is 5.91 Å². The molecule has 0 bridgehead atoms. The molecule has 27 heavy (non-hydrogen) atoms. The molecule has 0 aliphatic rings. The summed E-state index contributed by atoms with van der Waals surface area (Å²) in [5, 5.41) is 14.4. The first-order chi connectivity index (χ1) is 12.9. The van der Waals surface area contributed by atoms with Crippen LogP contribution in [0.25, 0.3) is 17.4 Å². The zero-order chi connectivity index (χ0) is 19.4. The van der Waals surface area contributed by atoms with E-state index in [2.05, 4.69) is 5.32 Å². The average Bonchev–Trinajstić information content (AvgIpc) is 3.12. The molecule has 0 fully saturated rings. The van der Waals surface area contributed by atoms with Gasteiger partial charge in [-0.2, -0.15) is 0 Å². The molecule has 0 atom stereocenters. The molecule has 0 unspecified atom stereocenters. The van der Waals surface area contributed by atoms with E-state index in [0.29, 0.717) is 27.8 Å². The van der Waals surface area contributed by atoms with Gasteiger partial charge in [0, 0.05) is 22.9 Å². The molecule has 0 saturated heterocycles. The van der Waals surface area contributed by atoms with E-state index in [4.69, 9.17) is 16.0 Å². The van der Waals surface area contributed by atoms with E-state index in [1.807, 2.05) is 13.0 Å². The third-order valence-electron chi connectivity index (χ3n) is 3.85. The van der Waals surface area contributed by atoms with Crippen LogP contribution < -0.4 is 5.32 Å². The number of carbonyl (C=O) groups excluding carboxylic acids is 1. The highest BCUT2D eigenvalue weighted by atomic mass is 35.5. The Balaban J connectivity index is 1.75. The van der Waals surface area contributed by atoms with Crippen LogP contribution in [0.1, 0.15) is 11.3 Å². The van der Waals surface area contributed by atoms with E-state index < -0.39 is 4.92 Å². The summed E-state index contributed by atoms with van der Waals surface area (Å²) in [5.41, 5.74) is 1.84. The number of hydrogen-bond donors (Lipinski definition) is 1. The lowest BCUT2D eigenvalue weighted by molar-refractivity contribution is -0.384. The number of amides is 1. The number of rotatable bonds is 5. The molecule has 2 aromatic carbocycles. The number of benzene rings is 2. The number of anilines is 1. The minimum Gasteiger partial charge on any atom is -0.456 e. The Morgan fingerprint density at radius 3 is 2.74 bits per heavy atom. The number of hydrogen-bond acceptors (Lipinski definition) is 4. The maximum absolute atomic E-state index is 12.1. The van der Waals surface area contributed by atoms with Crippen molar-refractivity contribution in [2.45, 2.75) is 6.92 Å². The quantitative estimate of drug-likeness (QED) is 0.360. The van der Waals surface area contributed by atoms with Crippen LogP contribution in [0, 0.1) is 17.0 Å². The normalized spacial score (nSPS) is 10.9. The molecule has 0 aliphatic heterocycles. The number of nitrogens with one attached hydrogen (secondary N) is 1. The Bertz CT molecular complexity index is 1040. The Morgan fingerprint density at radius 1 is 1.19 bits per heavy atom. The van der Waals surface area contributed by atoms with Gasteiger partial charge in [-0.15, -0.1) is 0 Å². The van der Waals surface area contributed by atoms with Crippen molar-refractivity contribution >= 4 is 35.0 Å². The second kappa shape index (κ2) is 7.88. The lowest BCUT2D eigenvalue weighted by Gasteiger charge is -2.06. The first-order valence-corrected chi connectivity index (χ1v) is 8.40. The van der Waals surface area contributed by atoms with Crippen LogP contribution in [0.4, 0.5) is 11.4 Å². The molecule has 6 nitrogen and oxygen atoms in total. The van der Waals surface area contributed by atoms with Crippen molar-refractivity contribution < 1.29 is 14.1 Å². The van der Waals surface area contributed by atoms with Crippen molar-refractivity contribution in [1.82, 2.24) is 0 Å². The number of nitrogens with zero attached hydrogens (tertiary/aromatic N) is 1. The minimum absolute atomic E-state index is 0.0449. The van der Waals surface area contributed by atoms with Crippen molar-refractivity contribution in [1.29, 1.82) is 0 Å². The second-order valence-electron chi connectivity index (χ2n) is 5.76. The van der Waals surface area contributed by atoms with Gasteiger partial charge in [-0.1, -0.05) is 29.8 Å². The molecular weight excluding hydrogens is 368 g/mol. The standard InChI is InChI=1S/C20H15ClN2O4/c1-13-6-7-14(21)12-17(13)22-20(24)11-9-15-8-10-19(27-15)16-4-2-3-5-18(16)23(25)26/h2-12H,1H3,(H,22,24)/b11-9+. The summed E-state index contributed by atoms with van der Waals surface area (Å²) in [7, 11) is 0. The second-order valence-corrected chi connectivity index (χ2v) is 6.19. The van der Waals surface area contributed by atoms with Gasteiger partial charge >= 0.3 is 0 Å². The van der Waals surface area contributed by atoms with E-state index in [1.54, 1.807) is 42.5 Å². The molecule has 0 aliphatic carbocycles. The molecule has 1 amide bonds. The van der Waals surface area contributed by atoms with Gasteiger partial charge in [-0.05, 0) is 48.9 Å². The highest BCUT2D eigenvalue weighted by Crippen LogP contribution is 2.31. The fourth-order valence-electron chi connectivity index (χ4n) is 2.49. The fourth-order valence-corrected chi connectivity index (χ4v) is 2.66. The average molecular weight is 383 g/mol. The first kappa shape index (κ1) is 18.4. The Hall–Kier alpha value is -3.38. The predicted molar refractivity (Wildman–Crippen MR) is 105 cm³/mol. The number of furan rings is 1. The van der Waals surface area contributed by atoms with Crippen LogP contribution in [0.2, 0.25) is 5.02 Å². The van der Waals surface area contributed by atoms with Gasteiger partial charge in [-0.25, -0.2) is 0 Å². The topological polar surface area (TPSA) is 85.4 Å². The molecule has 7 heteroatoms. The largest absolute Gasteiger partial charge is 0.456 e. The molecule has 1 heterocycles. The van der Waals surface area contributed by atoms with Gasteiger partial charge in [0.05, 0.1) is 10.5 Å². The molecule has 136 valence electrons. The maximum atomic E-state index is 12.1. The van der Waals surface area contributed by atoms with Gasteiger partial charge < -0.3 is 9.73 Å². The summed E-state index contributed by atoms with van der Waals surface area (Å²) in [6.45, 7) is 1.86. The van der Waals surface area contributed by atoms with Crippen LogP contribution in [-0.4, -0.2) is 10.8 Å². The van der Waals surface area contributed by atoms with Gasteiger partial charge in [-0.3, -0.25) is 14.9 Å². The van der Waals surface area contributed by atoms with E-state index in [0.717, 1.165) is 5.56 Å². The molecule has 1 N–H and O–H groups in total. The highest BCUT2D eigenvalue weighted by Gasteiger charge is 2.16. The van der Waals surface area contributed by atoms with Crippen molar-refractivity contribution in [2.75, 3.05) is 5.32 Å². The van der Waals surface area contributed by atoms with Crippen LogP contribution in [-0.2, 0) is 4.79 Å². The van der Waals surface area contributed by atoms with Crippen LogP contribution >= 0.6 is 11.6 Å². The summed E-state index contributed by atoms with van der Waals surface area (Å²) >= 11 is 5.94. The molecule has 3 rings (SSSR count). The zero-order valence-corrected chi connectivity index (χ0v) is 15.1. The SMILES string of the molecule is Cc1ccc(Cl)cc1NC(=O)/C=C/c1ccc(-c2ccccc2[N+](=O)[O-])o1. The molecular formula is C20H15ClN2O4. The van der Waals surface area contributed by atoms with Crippen LogP contribution in [0.5, 0.6) is 0 Å². The highest BCUT2D eigenvalue weighted by molar-refractivity contribution is 6.31. The number of para-hydroxylation sites is 1. The van der Waals surface area contributed by atoms with Crippen LogP contribution in [0.3, 0.4) is 0 Å². The van der Waals surface area contributed by atoms with Crippen LogP contribution in [0.15, 0.2) is 65.1 Å². The van der Waals surface area contributed by atoms with Gasteiger partial charge in [0.1, 0.15) is 11.5 Å². The summed E-state index contributed by atoms with van der Waals surface area (Å²) in [4.78, 5) is 22.8. The fraction of sp³-hybridized carbons (Fsp3) is 0.0500. The molecule has 3 aromatic rings. The van der Waals surface area contributed by atoms with Gasteiger partial charge in [0.15, 0.2) is 0 Å². The van der Waals surface area contributed by atoms with E-state index in [-0.39, 0.29) is 11.6 Å². The lowest BCUT2D eigenvalue weighted by atomic mass is 10.1. The number of aryl methyl sites for hydroxylation is 1. The number of carbonyl (C=O) groups is 1. The van der Waals surface area contributed by atoms with Gasteiger partial charge in [0.25, 0.3) is 5.69 Å².